The Morgan fingerprint density at radius 1 is 1.17 bits per heavy atom. The van der Waals surface area contributed by atoms with Gasteiger partial charge in [-0.15, -0.1) is 0 Å². The van der Waals surface area contributed by atoms with Gasteiger partial charge >= 0.3 is 0 Å². The number of nitrogens with one attached hydrogen (secondary N) is 2. The molecule has 3 aliphatic rings. The van der Waals surface area contributed by atoms with E-state index in [-0.39, 0.29) is 23.0 Å². The van der Waals surface area contributed by atoms with Gasteiger partial charge in [0.05, 0.1) is 29.1 Å². The lowest BCUT2D eigenvalue weighted by Crippen LogP contribution is -2.38. The molecular weight excluding hydrogens is 474 g/mol. The lowest BCUT2D eigenvalue weighted by Gasteiger charge is -2.37. The van der Waals surface area contributed by atoms with E-state index in [2.05, 4.69) is 27.4 Å². The molecule has 1 aromatic carbocycles. The molecule has 0 bridgehead atoms. The maximum atomic E-state index is 13.4. The van der Waals surface area contributed by atoms with E-state index in [0.717, 1.165) is 50.1 Å². The van der Waals surface area contributed by atoms with Crippen molar-refractivity contribution >= 4 is 34.0 Å². The van der Waals surface area contributed by atoms with Crippen LogP contribution in [0.1, 0.15) is 76.2 Å². The molecule has 1 spiro atoms. The van der Waals surface area contributed by atoms with Crippen molar-refractivity contribution in [3.63, 3.8) is 0 Å². The quantitative estimate of drug-likeness (QED) is 0.484. The van der Waals surface area contributed by atoms with Gasteiger partial charge in [0.2, 0.25) is 0 Å². The average molecular weight is 512 g/mol. The van der Waals surface area contributed by atoms with Gasteiger partial charge < -0.3 is 20.6 Å². The molecule has 5 rings (SSSR count). The summed E-state index contributed by atoms with van der Waals surface area (Å²) in [5, 5.41) is 15.9. The van der Waals surface area contributed by atoms with E-state index in [1.54, 1.807) is 6.20 Å². The van der Waals surface area contributed by atoms with Gasteiger partial charge in [0.1, 0.15) is 5.82 Å². The summed E-state index contributed by atoms with van der Waals surface area (Å²) in [5.41, 5.74) is 0.796. The van der Waals surface area contributed by atoms with Crippen molar-refractivity contribution in [3.05, 3.63) is 36.2 Å². The summed E-state index contributed by atoms with van der Waals surface area (Å²) in [6, 6.07) is 7.32. The summed E-state index contributed by atoms with van der Waals surface area (Å²) in [7, 11) is -1.12. The minimum atomic E-state index is -1.12. The highest BCUT2D eigenvalue weighted by atomic mass is 32.2. The standard InChI is InChI=1S/C27H37N5O3S/c1-25(2,18-33)31-21-17-28-22(23(30-21)32-14-12-27(10-11-27)13-15-32)24(34)29-19-6-4-7-20(16-19)36(35)26(3)8-5-9-26/h4,6-7,16-17,33H,5,8-15,18H2,1-3H3,(H,29,34)(H,30,31). The van der Waals surface area contributed by atoms with Crippen molar-refractivity contribution in [1.29, 1.82) is 0 Å². The zero-order valence-corrected chi connectivity index (χ0v) is 22.3. The Balaban J connectivity index is 1.39. The molecule has 3 fully saturated rings. The molecule has 1 amide bonds. The van der Waals surface area contributed by atoms with E-state index in [0.29, 0.717) is 22.7 Å². The summed E-state index contributed by atoms with van der Waals surface area (Å²) < 4.78 is 12.9. The van der Waals surface area contributed by atoms with Gasteiger partial charge in [-0.25, -0.2) is 9.97 Å². The number of benzene rings is 1. The first-order valence-electron chi connectivity index (χ1n) is 13.0. The third-order valence-electron chi connectivity index (χ3n) is 8.08. The normalized spacial score (nSPS) is 20.9. The SMILES string of the molecule is CC(C)(CO)Nc1cnc(C(=O)Nc2cccc(S(=O)C3(C)CCC3)c2)c(N2CCC3(CC2)CC3)n1. The predicted molar refractivity (Wildman–Crippen MR) is 143 cm³/mol. The van der Waals surface area contributed by atoms with E-state index in [4.69, 9.17) is 4.98 Å². The average Bonchev–Trinajstić information content (AvgIpc) is 3.61. The number of aromatic nitrogens is 2. The number of piperidine rings is 1. The zero-order valence-electron chi connectivity index (χ0n) is 21.5. The molecular formula is C27H37N5O3S. The number of hydrogen-bond donors (Lipinski definition) is 3. The van der Waals surface area contributed by atoms with Gasteiger partial charge in [0.15, 0.2) is 11.5 Å². The summed E-state index contributed by atoms with van der Waals surface area (Å²) in [4.78, 5) is 25.6. The Morgan fingerprint density at radius 2 is 1.89 bits per heavy atom. The first kappa shape index (κ1) is 25.1. The maximum Gasteiger partial charge on any atom is 0.278 e. The number of rotatable bonds is 8. The van der Waals surface area contributed by atoms with Crippen LogP contribution in [0.2, 0.25) is 0 Å². The molecule has 36 heavy (non-hydrogen) atoms. The van der Waals surface area contributed by atoms with E-state index < -0.39 is 16.3 Å². The number of nitrogens with zero attached hydrogens (tertiary/aromatic N) is 3. The van der Waals surface area contributed by atoms with Crippen molar-refractivity contribution in [1.82, 2.24) is 9.97 Å². The molecule has 8 nitrogen and oxygen atoms in total. The van der Waals surface area contributed by atoms with Gasteiger partial charge in [-0.1, -0.05) is 12.5 Å². The number of carbonyl (C=O) groups excluding carboxylic acids is 1. The van der Waals surface area contributed by atoms with Crippen molar-refractivity contribution in [2.75, 3.05) is 35.2 Å². The van der Waals surface area contributed by atoms with Crippen molar-refractivity contribution < 1.29 is 14.1 Å². The minimum Gasteiger partial charge on any atom is -0.394 e. The van der Waals surface area contributed by atoms with Crippen molar-refractivity contribution in [2.24, 2.45) is 5.41 Å². The third kappa shape index (κ3) is 5.13. The minimum absolute atomic E-state index is 0.0603. The third-order valence-corrected chi connectivity index (χ3v) is 10.1. The lowest BCUT2D eigenvalue weighted by molar-refractivity contribution is 0.102. The fraction of sp³-hybridized carbons (Fsp3) is 0.593. The molecule has 1 unspecified atom stereocenters. The Labute approximate surface area is 215 Å². The van der Waals surface area contributed by atoms with E-state index in [1.165, 1.54) is 12.8 Å². The molecule has 3 N–H and O–H groups in total. The number of anilines is 3. The van der Waals surface area contributed by atoms with E-state index in [1.807, 2.05) is 38.1 Å². The lowest BCUT2D eigenvalue weighted by atomic mass is 9.86. The molecule has 1 aliphatic heterocycles. The summed E-state index contributed by atoms with van der Waals surface area (Å²) in [6.45, 7) is 7.46. The van der Waals surface area contributed by atoms with Crippen LogP contribution < -0.4 is 15.5 Å². The van der Waals surface area contributed by atoms with E-state index >= 15 is 0 Å². The van der Waals surface area contributed by atoms with Crippen LogP contribution in [0.5, 0.6) is 0 Å². The number of hydrogen-bond acceptors (Lipinski definition) is 7. The number of carbonyl (C=O) groups is 1. The van der Waals surface area contributed by atoms with Crippen LogP contribution in [0.3, 0.4) is 0 Å². The number of amides is 1. The van der Waals surface area contributed by atoms with Gasteiger partial charge in [-0.2, -0.15) is 0 Å². The van der Waals surface area contributed by atoms with Gasteiger partial charge in [0, 0.05) is 28.4 Å². The Morgan fingerprint density at radius 3 is 2.50 bits per heavy atom. The second-order valence-corrected chi connectivity index (χ2v) is 13.6. The Bertz CT molecular complexity index is 1170. The molecule has 1 saturated heterocycles. The van der Waals surface area contributed by atoms with Gasteiger partial charge in [-0.05, 0) is 82.9 Å². The summed E-state index contributed by atoms with van der Waals surface area (Å²) in [5.74, 6) is 0.747. The van der Waals surface area contributed by atoms with Crippen molar-refractivity contribution in [2.45, 2.75) is 80.9 Å². The highest BCUT2D eigenvalue weighted by Crippen LogP contribution is 2.54. The van der Waals surface area contributed by atoms with Crippen LogP contribution in [0, 0.1) is 5.41 Å². The molecule has 1 atom stereocenters. The Hall–Kier alpha value is -2.52. The highest BCUT2D eigenvalue weighted by molar-refractivity contribution is 7.86. The predicted octanol–water partition coefficient (Wildman–Crippen LogP) is 4.34. The fourth-order valence-electron chi connectivity index (χ4n) is 5.10. The smallest absolute Gasteiger partial charge is 0.278 e. The topological polar surface area (TPSA) is 107 Å². The monoisotopic (exact) mass is 511 g/mol. The Kier molecular flexibility index (Phi) is 6.57. The molecule has 2 aliphatic carbocycles. The highest BCUT2D eigenvalue weighted by Gasteiger charge is 2.45. The van der Waals surface area contributed by atoms with Crippen LogP contribution in [0.4, 0.5) is 17.3 Å². The number of aliphatic hydroxyl groups excluding tert-OH is 1. The van der Waals surface area contributed by atoms with Crippen molar-refractivity contribution in [3.8, 4) is 0 Å². The molecule has 2 aromatic rings. The van der Waals surface area contributed by atoms with E-state index in [9.17, 15) is 14.1 Å². The summed E-state index contributed by atoms with van der Waals surface area (Å²) >= 11 is 0. The number of aliphatic hydroxyl groups is 1. The van der Waals surface area contributed by atoms with Crippen LogP contribution in [0.15, 0.2) is 35.4 Å². The van der Waals surface area contributed by atoms with Gasteiger partial charge in [0.25, 0.3) is 5.91 Å². The first-order chi connectivity index (χ1) is 17.1. The van der Waals surface area contributed by atoms with Crippen LogP contribution >= 0.6 is 0 Å². The second kappa shape index (κ2) is 9.41. The molecule has 194 valence electrons. The first-order valence-corrected chi connectivity index (χ1v) is 14.1. The second-order valence-electron chi connectivity index (χ2n) is 11.6. The molecule has 1 aromatic heterocycles. The largest absolute Gasteiger partial charge is 0.394 e. The molecule has 2 saturated carbocycles. The van der Waals surface area contributed by atoms with Crippen LogP contribution in [-0.4, -0.2) is 55.2 Å². The van der Waals surface area contributed by atoms with Crippen LogP contribution in [-0.2, 0) is 10.8 Å². The summed E-state index contributed by atoms with van der Waals surface area (Å²) in [6.07, 6.45) is 9.36. The maximum absolute atomic E-state index is 13.4. The van der Waals surface area contributed by atoms with Gasteiger partial charge in [-0.3, -0.25) is 9.00 Å². The molecule has 2 heterocycles. The zero-order chi connectivity index (χ0) is 25.6. The fourth-order valence-corrected chi connectivity index (χ4v) is 6.76. The molecule has 0 radical (unpaired) electrons. The van der Waals surface area contributed by atoms with Crippen LogP contribution in [0.25, 0.3) is 0 Å². The molecule has 9 heteroatoms.